The fourth-order valence-electron chi connectivity index (χ4n) is 3.02. The zero-order chi connectivity index (χ0) is 13.7. The minimum Gasteiger partial charge on any atom is -0.459 e. The third kappa shape index (κ3) is 1.49. The molecule has 1 heterocycles. The Hall–Kier alpha value is -2.32. The molecular formula is C18H14O2. The van der Waals surface area contributed by atoms with Crippen LogP contribution in [0.3, 0.4) is 0 Å². The van der Waals surface area contributed by atoms with Gasteiger partial charge in [-0.05, 0) is 23.4 Å². The quantitative estimate of drug-likeness (QED) is 0.658. The van der Waals surface area contributed by atoms with Crippen molar-refractivity contribution in [3.8, 4) is 16.9 Å². The molecule has 98 valence electrons. The zero-order valence-corrected chi connectivity index (χ0v) is 11.1. The minimum absolute atomic E-state index is 0.784. The van der Waals surface area contributed by atoms with Crippen molar-refractivity contribution in [2.24, 2.45) is 0 Å². The largest absolute Gasteiger partial charge is 0.459 e. The Morgan fingerprint density at radius 3 is 2.65 bits per heavy atom. The van der Waals surface area contributed by atoms with E-state index in [0.717, 1.165) is 38.8 Å². The van der Waals surface area contributed by atoms with Gasteiger partial charge in [0.2, 0.25) is 6.29 Å². The SMILES string of the molecule is Cc1cc2ccccc2c2c1-c1ccccc1C(O)O2. The van der Waals surface area contributed by atoms with Crippen LogP contribution in [0.15, 0.2) is 54.6 Å². The molecule has 20 heavy (non-hydrogen) atoms. The molecule has 3 aromatic carbocycles. The zero-order valence-electron chi connectivity index (χ0n) is 11.1. The summed E-state index contributed by atoms with van der Waals surface area (Å²) in [4.78, 5) is 0. The number of ether oxygens (including phenoxy) is 1. The van der Waals surface area contributed by atoms with E-state index in [4.69, 9.17) is 4.74 Å². The number of hydrogen-bond donors (Lipinski definition) is 1. The summed E-state index contributed by atoms with van der Waals surface area (Å²) in [6.45, 7) is 2.09. The van der Waals surface area contributed by atoms with Crippen molar-refractivity contribution in [3.05, 3.63) is 65.7 Å². The van der Waals surface area contributed by atoms with Crippen LogP contribution in [0.4, 0.5) is 0 Å². The molecule has 1 atom stereocenters. The number of rotatable bonds is 0. The van der Waals surface area contributed by atoms with Gasteiger partial charge in [-0.15, -0.1) is 0 Å². The van der Waals surface area contributed by atoms with Crippen LogP contribution in [-0.4, -0.2) is 5.11 Å². The van der Waals surface area contributed by atoms with E-state index in [1.807, 2.05) is 42.5 Å². The van der Waals surface area contributed by atoms with Crippen LogP contribution < -0.4 is 4.74 Å². The minimum atomic E-state index is -0.899. The molecule has 0 spiro atoms. The van der Waals surface area contributed by atoms with E-state index < -0.39 is 6.29 Å². The molecule has 0 aliphatic carbocycles. The van der Waals surface area contributed by atoms with E-state index in [2.05, 4.69) is 19.1 Å². The van der Waals surface area contributed by atoms with Gasteiger partial charge in [0.25, 0.3) is 0 Å². The lowest BCUT2D eigenvalue weighted by Gasteiger charge is -2.27. The fraction of sp³-hybridized carbons (Fsp3) is 0.111. The molecule has 0 aromatic heterocycles. The maximum absolute atomic E-state index is 10.2. The molecule has 4 rings (SSSR count). The summed E-state index contributed by atoms with van der Waals surface area (Å²) in [6, 6.07) is 18.2. The van der Waals surface area contributed by atoms with Crippen LogP contribution in [0.2, 0.25) is 0 Å². The first-order valence-electron chi connectivity index (χ1n) is 6.72. The molecule has 2 heteroatoms. The summed E-state index contributed by atoms with van der Waals surface area (Å²) < 4.78 is 5.81. The highest BCUT2D eigenvalue weighted by atomic mass is 16.6. The second-order valence-corrected chi connectivity index (χ2v) is 5.18. The van der Waals surface area contributed by atoms with E-state index in [1.54, 1.807) is 0 Å². The van der Waals surface area contributed by atoms with Gasteiger partial charge >= 0.3 is 0 Å². The molecule has 0 bridgehead atoms. The lowest BCUT2D eigenvalue weighted by atomic mass is 9.90. The maximum atomic E-state index is 10.2. The predicted octanol–water partition coefficient (Wildman–Crippen LogP) is 4.20. The number of fused-ring (bicyclic) bond motifs is 5. The van der Waals surface area contributed by atoms with Gasteiger partial charge in [0.1, 0.15) is 5.75 Å². The third-order valence-corrected chi connectivity index (χ3v) is 3.92. The van der Waals surface area contributed by atoms with E-state index in [9.17, 15) is 5.11 Å². The van der Waals surface area contributed by atoms with Crippen molar-refractivity contribution in [2.45, 2.75) is 13.2 Å². The molecule has 1 aliphatic rings. The summed E-state index contributed by atoms with van der Waals surface area (Å²) in [7, 11) is 0. The van der Waals surface area contributed by atoms with Gasteiger partial charge in [-0.25, -0.2) is 0 Å². The molecule has 1 N–H and O–H groups in total. The molecule has 0 saturated carbocycles. The Morgan fingerprint density at radius 1 is 1.00 bits per heavy atom. The second kappa shape index (κ2) is 4.09. The van der Waals surface area contributed by atoms with Crippen molar-refractivity contribution >= 4 is 10.8 Å². The van der Waals surface area contributed by atoms with E-state index in [1.165, 1.54) is 0 Å². The Bertz CT molecular complexity index is 821. The van der Waals surface area contributed by atoms with Gasteiger partial charge in [-0.2, -0.15) is 0 Å². The average Bonchev–Trinajstić information content (AvgIpc) is 2.47. The van der Waals surface area contributed by atoms with Gasteiger partial charge in [0.15, 0.2) is 0 Å². The van der Waals surface area contributed by atoms with E-state index in [-0.39, 0.29) is 0 Å². The highest BCUT2D eigenvalue weighted by Crippen LogP contribution is 2.46. The summed E-state index contributed by atoms with van der Waals surface area (Å²) in [5.74, 6) is 0.784. The number of hydrogen-bond acceptors (Lipinski definition) is 2. The first-order valence-corrected chi connectivity index (χ1v) is 6.72. The van der Waals surface area contributed by atoms with Crippen molar-refractivity contribution < 1.29 is 9.84 Å². The van der Waals surface area contributed by atoms with Crippen molar-refractivity contribution in [1.82, 2.24) is 0 Å². The fourth-order valence-corrected chi connectivity index (χ4v) is 3.02. The van der Waals surface area contributed by atoms with Crippen LogP contribution in [0.5, 0.6) is 5.75 Å². The summed E-state index contributed by atoms with van der Waals surface area (Å²) in [5.41, 5.74) is 4.14. The third-order valence-electron chi connectivity index (χ3n) is 3.92. The van der Waals surface area contributed by atoms with Crippen LogP contribution in [0, 0.1) is 6.92 Å². The lowest BCUT2D eigenvalue weighted by molar-refractivity contribution is -0.0201. The van der Waals surface area contributed by atoms with Gasteiger partial charge in [0.05, 0.1) is 0 Å². The Balaban J connectivity index is 2.15. The molecule has 2 nitrogen and oxygen atoms in total. The number of aryl methyl sites for hydroxylation is 1. The van der Waals surface area contributed by atoms with Gasteiger partial charge in [-0.1, -0.05) is 54.6 Å². The van der Waals surface area contributed by atoms with Crippen LogP contribution in [-0.2, 0) is 0 Å². The van der Waals surface area contributed by atoms with Crippen molar-refractivity contribution in [1.29, 1.82) is 0 Å². The van der Waals surface area contributed by atoms with Crippen LogP contribution >= 0.6 is 0 Å². The first kappa shape index (κ1) is 11.5. The second-order valence-electron chi connectivity index (χ2n) is 5.18. The summed E-state index contributed by atoms with van der Waals surface area (Å²) >= 11 is 0. The normalized spacial score (nSPS) is 16.4. The van der Waals surface area contributed by atoms with Gasteiger partial charge < -0.3 is 9.84 Å². The number of benzene rings is 3. The summed E-state index contributed by atoms with van der Waals surface area (Å²) in [5, 5.41) is 12.4. The van der Waals surface area contributed by atoms with Crippen LogP contribution in [0.25, 0.3) is 21.9 Å². The van der Waals surface area contributed by atoms with Gasteiger partial charge in [-0.3, -0.25) is 0 Å². The molecule has 1 aliphatic heterocycles. The smallest absolute Gasteiger partial charge is 0.224 e. The Labute approximate surface area is 117 Å². The lowest BCUT2D eigenvalue weighted by Crippen LogP contribution is -2.14. The summed E-state index contributed by atoms with van der Waals surface area (Å²) in [6.07, 6.45) is -0.899. The molecule has 0 saturated heterocycles. The standard InChI is InChI=1S/C18H14O2/c1-11-10-12-6-2-3-7-13(12)17-16(11)14-8-4-5-9-15(14)18(19)20-17/h2-10,18-19H,1H3. The molecule has 1 unspecified atom stereocenters. The van der Waals surface area contributed by atoms with Gasteiger partial charge in [0, 0.05) is 16.5 Å². The topological polar surface area (TPSA) is 29.5 Å². The van der Waals surface area contributed by atoms with Crippen LogP contribution in [0.1, 0.15) is 17.4 Å². The van der Waals surface area contributed by atoms with E-state index in [0.29, 0.717) is 0 Å². The highest BCUT2D eigenvalue weighted by molar-refractivity contribution is 5.98. The molecule has 0 radical (unpaired) electrons. The first-order chi connectivity index (χ1) is 9.75. The van der Waals surface area contributed by atoms with E-state index >= 15 is 0 Å². The van der Waals surface area contributed by atoms with Crippen molar-refractivity contribution in [3.63, 3.8) is 0 Å². The molecule has 3 aromatic rings. The molecule has 0 fully saturated rings. The number of aliphatic hydroxyl groups excluding tert-OH is 1. The monoisotopic (exact) mass is 262 g/mol. The maximum Gasteiger partial charge on any atom is 0.224 e. The molecular weight excluding hydrogens is 248 g/mol. The Morgan fingerprint density at radius 2 is 1.75 bits per heavy atom. The Kier molecular flexibility index (Phi) is 2.35. The predicted molar refractivity (Wildman–Crippen MR) is 79.7 cm³/mol. The average molecular weight is 262 g/mol. The molecule has 0 amide bonds. The highest BCUT2D eigenvalue weighted by Gasteiger charge is 2.26. The van der Waals surface area contributed by atoms with Crippen molar-refractivity contribution in [2.75, 3.05) is 0 Å². The number of aliphatic hydroxyl groups is 1.